The molecule has 0 aliphatic carbocycles. The molecular formula is C71H128O5. The molecule has 0 bridgehead atoms. The number of allylic oxidation sites excluding steroid dienone is 12. The van der Waals surface area contributed by atoms with E-state index in [2.05, 4.69) is 86.8 Å². The summed E-state index contributed by atoms with van der Waals surface area (Å²) in [5.41, 5.74) is 0. The molecule has 0 aliphatic rings. The molecule has 442 valence electrons. The smallest absolute Gasteiger partial charge is 0.306 e. The van der Waals surface area contributed by atoms with Crippen molar-refractivity contribution in [2.45, 2.75) is 354 Å². The Balaban J connectivity index is 3.42. The van der Waals surface area contributed by atoms with Gasteiger partial charge in [-0.3, -0.25) is 9.59 Å². The second kappa shape index (κ2) is 66.6. The first-order valence-electron chi connectivity index (χ1n) is 33.5. The van der Waals surface area contributed by atoms with Crippen molar-refractivity contribution in [1.82, 2.24) is 0 Å². The summed E-state index contributed by atoms with van der Waals surface area (Å²) in [7, 11) is 0. The number of rotatable bonds is 62. The minimum atomic E-state index is -0.771. The number of aliphatic hydroxyl groups is 1. The largest absolute Gasteiger partial charge is 0.462 e. The molecule has 5 nitrogen and oxygen atoms in total. The Bertz CT molecular complexity index is 1340. The summed E-state index contributed by atoms with van der Waals surface area (Å²) in [5.74, 6) is -0.570. The van der Waals surface area contributed by atoms with Crippen LogP contribution in [0.3, 0.4) is 0 Å². The van der Waals surface area contributed by atoms with Gasteiger partial charge in [0.05, 0.1) is 6.61 Å². The second-order valence-electron chi connectivity index (χ2n) is 22.5. The predicted octanol–water partition coefficient (Wildman–Crippen LogP) is 23.1. The lowest BCUT2D eigenvalue weighted by Gasteiger charge is -2.15. The molecule has 0 aromatic rings. The minimum Gasteiger partial charge on any atom is -0.462 e. The summed E-state index contributed by atoms with van der Waals surface area (Å²) in [6.07, 6.45) is 92.1. The van der Waals surface area contributed by atoms with Crippen molar-refractivity contribution in [3.63, 3.8) is 0 Å². The zero-order valence-corrected chi connectivity index (χ0v) is 50.8. The normalized spacial score (nSPS) is 12.6. The fraction of sp³-hybridized carbons (Fsp3) is 0.803. The maximum atomic E-state index is 12.4. The van der Waals surface area contributed by atoms with Crippen LogP contribution >= 0.6 is 0 Å². The van der Waals surface area contributed by atoms with Crippen LogP contribution in [0.15, 0.2) is 72.9 Å². The standard InChI is InChI=1S/C71H128O5/c1-3-5-7-9-11-13-15-17-19-21-23-25-27-28-29-30-31-32-33-34-35-36-37-38-39-40-41-42-44-46-48-50-52-54-56-58-60-62-64-66-71(74)76-69(67-72)68-75-70(73)65-63-61-59-57-55-53-51-49-47-45-43-26-24-22-20-18-16-14-12-10-8-6-4-2/h5,7,11,13,17,19,23,25,28-29,31-32,69,72H,3-4,6,8-10,12,14-16,18,20-22,24,26-27,30,33-68H2,1-2H3/b7-5-,13-11-,19-17-,25-23-,29-28-,32-31-. The molecule has 0 radical (unpaired) electrons. The van der Waals surface area contributed by atoms with Gasteiger partial charge in [-0.25, -0.2) is 0 Å². The number of aliphatic hydroxyl groups excluding tert-OH is 1. The quantitative estimate of drug-likeness (QED) is 0.0373. The van der Waals surface area contributed by atoms with E-state index < -0.39 is 6.10 Å². The monoisotopic (exact) mass is 1060 g/mol. The van der Waals surface area contributed by atoms with E-state index in [1.54, 1.807) is 0 Å². The van der Waals surface area contributed by atoms with Crippen LogP contribution in [0.25, 0.3) is 0 Å². The molecule has 0 aromatic heterocycles. The summed E-state index contributed by atoms with van der Waals surface area (Å²) in [4.78, 5) is 24.6. The van der Waals surface area contributed by atoms with Crippen molar-refractivity contribution >= 4 is 11.9 Å². The van der Waals surface area contributed by atoms with Gasteiger partial charge in [0, 0.05) is 12.8 Å². The van der Waals surface area contributed by atoms with Crippen LogP contribution < -0.4 is 0 Å². The zero-order chi connectivity index (χ0) is 54.8. The molecule has 0 saturated carbocycles. The molecule has 0 aromatic carbocycles. The summed E-state index contributed by atoms with van der Waals surface area (Å²) < 4.78 is 10.8. The van der Waals surface area contributed by atoms with E-state index in [4.69, 9.17) is 9.47 Å². The van der Waals surface area contributed by atoms with E-state index in [1.807, 2.05) is 0 Å². The summed E-state index contributed by atoms with van der Waals surface area (Å²) in [6.45, 7) is 4.08. The highest BCUT2D eigenvalue weighted by Gasteiger charge is 2.16. The summed E-state index contributed by atoms with van der Waals surface area (Å²) in [6, 6.07) is 0. The Kier molecular flexibility index (Phi) is 64.3. The summed E-state index contributed by atoms with van der Waals surface area (Å²) in [5, 5.41) is 9.69. The lowest BCUT2D eigenvalue weighted by molar-refractivity contribution is -0.161. The molecule has 0 heterocycles. The van der Waals surface area contributed by atoms with Crippen LogP contribution in [-0.4, -0.2) is 36.4 Å². The van der Waals surface area contributed by atoms with E-state index in [0.29, 0.717) is 12.8 Å². The Morgan fingerprint density at radius 3 is 0.855 bits per heavy atom. The fourth-order valence-corrected chi connectivity index (χ4v) is 10.0. The summed E-state index contributed by atoms with van der Waals surface area (Å²) >= 11 is 0. The van der Waals surface area contributed by atoms with Gasteiger partial charge in [-0.15, -0.1) is 0 Å². The maximum absolute atomic E-state index is 12.4. The molecule has 1 atom stereocenters. The van der Waals surface area contributed by atoms with Gasteiger partial charge >= 0.3 is 11.9 Å². The highest BCUT2D eigenvalue weighted by molar-refractivity contribution is 5.70. The van der Waals surface area contributed by atoms with Crippen LogP contribution in [0.5, 0.6) is 0 Å². The van der Waals surface area contributed by atoms with Crippen molar-refractivity contribution in [1.29, 1.82) is 0 Å². The van der Waals surface area contributed by atoms with Gasteiger partial charge in [0.25, 0.3) is 0 Å². The number of hydrogen-bond donors (Lipinski definition) is 1. The molecule has 5 heteroatoms. The lowest BCUT2D eigenvalue weighted by Crippen LogP contribution is -2.28. The van der Waals surface area contributed by atoms with E-state index in [1.165, 1.54) is 250 Å². The number of hydrogen-bond acceptors (Lipinski definition) is 5. The fourth-order valence-electron chi connectivity index (χ4n) is 10.0. The lowest BCUT2D eigenvalue weighted by atomic mass is 10.0. The van der Waals surface area contributed by atoms with Gasteiger partial charge in [-0.2, -0.15) is 0 Å². The molecule has 0 aliphatic heterocycles. The SMILES string of the molecule is CC/C=C\C/C=C\C/C=C\C/C=C\C/C=C\C/C=C\CCCCCCCCCCCCCCCCCCCCCCC(=O)OC(CO)COC(=O)CCCCCCCCCCCCCCCCCCCCCCCCC. The first-order chi connectivity index (χ1) is 37.6. The number of carbonyl (C=O) groups is 2. The third kappa shape index (κ3) is 63.9. The van der Waals surface area contributed by atoms with Gasteiger partial charge in [-0.05, 0) is 64.2 Å². The van der Waals surface area contributed by atoms with Crippen molar-refractivity contribution in [2.75, 3.05) is 13.2 Å². The van der Waals surface area contributed by atoms with E-state index >= 15 is 0 Å². The number of carbonyl (C=O) groups excluding carboxylic acids is 2. The average molecular weight is 1060 g/mol. The van der Waals surface area contributed by atoms with E-state index in [9.17, 15) is 14.7 Å². The molecule has 0 saturated heterocycles. The molecule has 0 rings (SSSR count). The van der Waals surface area contributed by atoms with Gasteiger partial charge in [0.1, 0.15) is 6.61 Å². The Morgan fingerprint density at radius 1 is 0.316 bits per heavy atom. The molecule has 1 N–H and O–H groups in total. The Hall–Kier alpha value is -2.66. The second-order valence-corrected chi connectivity index (χ2v) is 22.5. The highest BCUT2D eigenvalue weighted by atomic mass is 16.6. The third-order valence-corrected chi connectivity index (χ3v) is 15.0. The molecule has 76 heavy (non-hydrogen) atoms. The van der Waals surface area contributed by atoms with E-state index in [0.717, 1.165) is 70.6 Å². The van der Waals surface area contributed by atoms with Crippen LogP contribution in [0.2, 0.25) is 0 Å². The molecule has 0 amide bonds. The van der Waals surface area contributed by atoms with Gasteiger partial charge in [-0.1, -0.05) is 344 Å². The van der Waals surface area contributed by atoms with Crippen LogP contribution in [-0.2, 0) is 19.1 Å². The van der Waals surface area contributed by atoms with Gasteiger partial charge in [0.2, 0.25) is 0 Å². The van der Waals surface area contributed by atoms with Crippen molar-refractivity contribution in [3.8, 4) is 0 Å². The van der Waals surface area contributed by atoms with Crippen molar-refractivity contribution < 1.29 is 24.2 Å². The maximum Gasteiger partial charge on any atom is 0.306 e. The van der Waals surface area contributed by atoms with Gasteiger partial charge in [0.15, 0.2) is 6.10 Å². The Labute approximate surface area is 473 Å². The zero-order valence-electron chi connectivity index (χ0n) is 50.8. The minimum absolute atomic E-state index is 0.0606. The van der Waals surface area contributed by atoms with Crippen molar-refractivity contribution in [2.24, 2.45) is 0 Å². The van der Waals surface area contributed by atoms with Gasteiger partial charge < -0.3 is 14.6 Å². The Morgan fingerprint density at radius 2 is 0.566 bits per heavy atom. The molecular weight excluding hydrogens is 933 g/mol. The molecule has 1 unspecified atom stereocenters. The number of ether oxygens (including phenoxy) is 2. The van der Waals surface area contributed by atoms with Crippen molar-refractivity contribution in [3.05, 3.63) is 72.9 Å². The molecule has 0 fully saturated rings. The van der Waals surface area contributed by atoms with Crippen LogP contribution in [0, 0.1) is 0 Å². The average Bonchev–Trinajstić information content (AvgIpc) is 3.42. The van der Waals surface area contributed by atoms with E-state index in [-0.39, 0.29) is 25.2 Å². The first kappa shape index (κ1) is 73.3. The number of esters is 2. The highest BCUT2D eigenvalue weighted by Crippen LogP contribution is 2.18. The third-order valence-electron chi connectivity index (χ3n) is 15.0. The first-order valence-corrected chi connectivity index (χ1v) is 33.5. The molecule has 0 spiro atoms. The topological polar surface area (TPSA) is 72.8 Å². The van der Waals surface area contributed by atoms with Crippen LogP contribution in [0.1, 0.15) is 348 Å². The number of unbranched alkanes of at least 4 members (excludes halogenated alkanes) is 42. The van der Waals surface area contributed by atoms with Crippen LogP contribution in [0.4, 0.5) is 0 Å². The predicted molar refractivity (Wildman–Crippen MR) is 334 cm³/mol.